The van der Waals surface area contributed by atoms with Crippen LogP contribution < -0.4 is 10.1 Å². The van der Waals surface area contributed by atoms with E-state index in [4.69, 9.17) is 4.74 Å². The van der Waals surface area contributed by atoms with Crippen LogP contribution in [0.3, 0.4) is 0 Å². The molecule has 0 aliphatic carbocycles. The van der Waals surface area contributed by atoms with Gasteiger partial charge in [-0.1, -0.05) is 0 Å². The number of carbonyl (C=O) groups excluding carboxylic acids is 1. The molecule has 0 radical (unpaired) electrons. The zero-order valence-electron chi connectivity index (χ0n) is 16.0. The Labute approximate surface area is 166 Å². The van der Waals surface area contributed by atoms with Crippen molar-refractivity contribution in [1.29, 1.82) is 0 Å². The number of carbonyl (C=O) groups is 1. The number of aromatic nitrogens is 2. The molecule has 0 bridgehead atoms. The van der Waals surface area contributed by atoms with E-state index in [-0.39, 0.29) is 35.2 Å². The quantitative estimate of drug-likeness (QED) is 0.602. The number of likely N-dealkylation sites (tertiary alicyclic amines) is 1. The standard InChI is InChI=1S/C18H21FN6O4/c1-23-7-5-12(6-8-23)24(2)18(26)22-16-10-17(21-11-20-16)29-15-4-3-13(25(27)28)9-14(15)19/h3-4,9-12H,5-8H2,1-2H3,(H,20,21,22,26). The van der Waals surface area contributed by atoms with E-state index in [2.05, 4.69) is 20.2 Å². The maximum atomic E-state index is 14.0. The lowest BCUT2D eigenvalue weighted by molar-refractivity contribution is -0.385. The van der Waals surface area contributed by atoms with Gasteiger partial charge in [0.2, 0.25) is 5.88 Å². The van der Waals surface area contributed by atoms with Gasteiger partial charge in [-0.25, -0.2) is 19.2 Å². The summed E-state index contributed by atoms with van der Waals surface area (Å²) in [6.45, 7) is 1.85. The van der Waals surface area contributed by atoms with Crippen LogP contribution in [-0.2, 0) is 0 Å². The smallest absolute Gasteiger partial charge is 0.323 e. The van der Waals surface area contributed by atoms with Gasteiger partial charge in [0.25, 0.3) is 5.69 Å². The van der Waals surface area contributed by atoms with Crippen LogP contribution in [0, 0.1) is 15.9 Å². The zero-order chi connectivity index (χ0) is 21.0. The Morgan fingerprint density at radius 1 is 1.34 bits per heavy atom. The largest absolute Gasteiger partial charge is 0.436 e. The van der Waals surface area contributed by atoms with Crippen molar-refractivity contribution < 1.29 is 18.8 Å². The van der Waals surface area contributed by atoms with Gasteiger partial charge < -0.3 is 14.5 Å². The molecule has 0 saturated carbocycles. The average Bonchev–Trinajstić information content (AvgIpc) is 2.69. The van der Waals surface area contributed by atoms with Gasteiger partial charge in [0, 0.05) is 25.2 Å². The van der Waals surface area contributed by atoms with E-state index >= 15 is 0 Å². The summed E-state index contributed by atoms with van der Waals surface area (Å²) in [5.74, 6) is -0.937. The molecular weight excluding hydrogens is 383 g/mol. The van der Waals surface area contributed by atoms with E-state index in [1.54, 1.807) is 11.9 Å². The van der Waals surface area contributed by atoms with Gasteiger partial charge in [-0.2, -0.15) is 0 Å². The summed E-state index contributed by atoms with van der Waals surface area (Å²) in [7, 11) is 3.78. The van der Waals surface area contributed by atoms with Crippen LogP contribution in [0.25, 0.3) is 0 Å². The fourth-order valence-electron chi connectivity index (χ4n) is 3.01. The molecule has 154 valence electrons. The molecule has 1 saturated heterocycles. The molecule has 2 aromatic rings. The number of nitro benzene ring substituents is 1. The maximum absolute atomic E-state index is 14.0. The molecule has 0 spiro atoms. The molecule has 2 amide bonds. The van der Waals surface area contributed by atoms with Crippen LogP contribution in [0.5, 0.6) is 11.6 Å². The molecule has 1 N–H and O–H groups in total. The molecular formula is C18H21FN6O4. The number of non-ortho nitro benzene ring substituents is 1. The Balaban J connectivity index is 1.65. The van der Waals surface area contributed by atoms with E-state index < -0.39 is 10.7 Å². The highest BCUT2D eigenvalue weighted by Gasteiger charge is 2.24. The molecule has 3 rings (SSSR count). The minimum atomic E-state index is -0.898. The normalized spacial score (nSPS) is 15.0. The van der Waals surface area contributed by atoms with Crippen molar-refractivity contribution in [1.82, 2.24) is 19.8 Å². The van der Waals surface area contributed by atoms with E-state index in [1.807, 2.05) is 7.05 Å². The van der Waals surface area contributed by atoms with Gasteiger partial charge >= 0.3 is 6.03 Å². The SMILES string of the molecule is CN1CCC(N(C)C(=O)Nc2cc(Oc3ccc([N+](=O)[O-])cc3F)ncn2)CC1. The van der Waals surface area contributed by atoms with Crippen molar-refractivity contribution in [2.45, 2.75) is 18.9 Å². The summed E-state index contributed by atoms with van der Waals surface area (Å²) in [6.07, 6.45) is 2.94. The molecule has 1 aromatic heterocycles. The summed E-state index contributed by atoms with van der Waals surface area (Å²) < 4.78 is 19.3. The van der Waals surface area contributed by atoms with Crippen LogP contribution >= 0.6 is 0 Å². The molecule has 1 aromatic carbocycles. The first-order valence-electron chi connectivity index (χ1n) is 8.99. The molecule has 10 nitrogen and oxygen atoms in total. The third-order valence-electron chi connectivity index (χ3n) is 4.77. The number of nitro groups is 1. The Morgan fingerprint density at radius 3 is 2.72 bits per heavy atom. The molecule has 1 aliphatic heterocycles. The number of benzene rings is 1. The van der Waals surface area contributed by atoms with E-state index in [1.165, 1.54) is 12.4 Å². The summed E-state index contributed by atoms with van der Waals surface area (Å²) in [5, 5.41) is 13.4. The highest BCUT2D eigenvalue weighted by molar-refractivity contribution is 5.88. The lowest BCUT2D eigenvalue weighted by Crippen LogP contribution is -2.46. The van der Waals surface area contributed by atoms with Gasteiger partial charge in [0.05, 0.1) is 11.0 Å². The van der Waals surface area contributed by atoms with Gasteiger partial charge in [-0.05, 0) is 39.0 Å². The number of rotatable bonds is 5. The fraction of sp³-hybridized carbons (Fsp3) is 0.389. The first-order valence-corrected chi connectivity index (χ1v) is 8.99. The Hall–Kier alpha value is -3.34. The third-order valence-corrected chi connectivity index (χ3v) is 4.77. The van der Waals surface area contributed by atoms with Crippen LogP contribution in [-0.4, -0.2) is 63.9 Å². The van der Waals surface area contributed by atoms with Crippen LogP contribution in [0.15, 0.2) is 30.6 Å². The van der Waals surface area contributed by atoms with E-state index in [0.29, 0.717) is 0 Å². The van der Waals surface area contributed by atoms with E-state index in [0.717, 1.165) is 44.1 Å². The number of halogens is 1. The topological polar surface area (TPSA) is 114 Å². The minimum Gasteiger partial charge on any atom is -0.436 e. The lowest BCUT2D eigenvalue weighted by Gasteiger charge is -2.34. The van der Waals surface area contributed by atoms with Crippen molar-refractivity contribution in [3.05, 3.63) is 46.5 Å². The number of nitrogens with zero attached hydrogens (tertiary/aromatic N) is 5. The van der Waals surface area contributed by atoms with Crippen molar-refractivity contribution >= 4 is 17.5 Å². The number of anilines is 1. The second-order valence-electron chi connectivity index (χ2n) is 6.79. The van der Waals surface area contributed by atoms with Gasteiger partial charge in [-0.3, -0.25) is 15.4 Å². The lowest BCUT2D eigenvalue weighted by atomic mass is 10.0. The molecule has 0 unspecified atom stereocenters. The molecule has 0 atom stereocenters. The Bertz CT molecular complexity index is 904. The minimum absolute atomic E-state index is 0.00926. The number of piperidine rings is 1. The fourth-order valence-corrected chi connectivity index (χ4v) is 3.01. The Kier molecular flexibility index (Phi) is 6.17. The van der Waals surface area contributed by atoms with Crippen LogP contribution in [0.1, 0.15) is 12.8 Å². The maximum Gasteiger partial charge on any atom is 0.323 e. The second-order valence-corrected chi connectivity index (χ2v) is 6.79. The number of urea groups is 1. The summed E-state index contributed by atoms with van der Waals surface area (Å²) in [5.41, 5.74) is -0.387. The van der Waals surface area contributed by atoms with Crippen molar-refractivity contribution in [2.24, 2.45) is 0 Å². The van der Waals surface area contributed by atoms with E-state index in [9.17, 15) is 19.3 Å². The van der Waals surface area contributed by atoms with Crippen molar-refractivity contribution in [3.63, 3.8) is 0 Å². The first kappa shape index (κ1) is 20.4. The number of hydrogen-bond donors (Lipinski definition) is 1. The highest BCUT2D eigenvalue weighted by atomic mass is 19.1. The number of amides is 2. The summed E-state index contributed by atoms with van der Waals surface area (Å²) in [6, 6.07) is 4.20. The number of nitrogens with one attached hydrogen (secondary N) is 1. The molecule has 1 fully saturated rings. The molecule has 11 heteroatoms. The van der Waals surface area contributed by atoms with Crippen LogP contribution in [0.2, 0.25) is 0 Å². The monoisotopic (exact) mass is 404 g/mol. The molecule has 29 heavy (non-hydrogen) atoms. The molecule has 1 aliphatic rings. The third kappa shape index (κ3) is 5.13. The van der Waals surface area contributed by atoms with Crippen molar-refractivity contribution in [3.8, 4) is 11.6 Å². The zero-order valence-corrected chi connectivity index (χ0v) is 16.0. The second kappa shape index (κ2) is 8.78. The number of hydrogen-bond acceptors (Lipinski definition) is 7. The molecule has 2 heterocycles. The summed E-state index contributed by atoms with van der Waals surface area (Å²) >= 11 is 0. The highest BCUT2D eigenvalue weighted by Crippen LogP contribution is 2.27. The first-order chi connectivity index (χ1) is 13.8. The Morgan fingerprint density at radius 2 is 2.07 bits per heavy atom. The van der Waals surface area contributed by atoms with Gasteiger partial charge in [0.1, 0.15) is 12.1 Å². The summed E-state index contributed by atoms with van der Waals surface area (Å²) in [4.78, 5) is 34.2. The van der Waals surface area contributed by atoms with Gasteiger partial charge in [-0.15, -0.1) is 0 Å². The van der Waals surface area contributed by atoms with Crippen LogP contribution in [0.4, 0.5) is 20.7 Å². The van der Waals surface area contributed by atoms with Crippen molar-refractivity contribution in [2.75, 3.05) is 32.5 Å². The average molecular weight is 404 g/mol. The number of ether oxygens (including phenoxy) is 1. The predicted molar refractivity (Wildman–Crippen MR) is 102 cm³/mol. The predicted octanol–water partition coefficient (Wildman–Crippen LogP) is 2.87. The van der Waals surface area contributed by atoms with Gasteiger partial charge in [0.15, 0.2) is 11.6 Å².